The van der Waals surface area contributed by atoms with E-state index in [0.717, 1.165) is 20.8 Å². The Bertz CT molecular complexity index is 556. The highest BCUT2D eigenvalue weighted by Gasteiger charge is 2.07. The average molecular weight is 298 g/mol. The van der Waals surface area contributed by atoms with Gasteiger partial charge in [-0.25, -0.2) is 4.39 Å². The molecule has 4 nitrogen and oxygen atoms in total. The third-order valence-corrected chi connectivity index (χ3v) is 4.77. The van der Waals surface area contributed by atoms with Crippen LogP contribution >= 0.6 is 23.1 Å². The molecule has 0 amide bonds. The van der Waals surface area contributed by atoms with Gasteiger partial charge in [-0.05, 0) is 11.6 Å². The first-order valence-electron chi connectivity index (χ1n) is 5.71. The summed E-state index contributed by atoms with van der Waals surface area (Å²) in [6, 6.07) is 5.04. The highest BCUT2D eigenvalue weighted by Crippen LogP contribution is 2.29. The minimum atomic E-state index is -0.248. The molecule has 7 heteroatoms. The minimum absolute atomic E-state index is 0.216. The lowest BCUT2D eigenvalue weighted by molar-refractivity contribution is 0.610. The maximum absolute atomic E-state index is 13.3. The van der Waals surface area contributed by atoms with Crippen molar-refractivity contribution in [2.45, 2.75) is 16.6 Å². The van der Waals surface area contributed by atoms with E-state index in [-0.39, 0.29) is 12.4 Å². The number of nitrogens with zero attached hydrogens (tertiary/aromatic N) is 3. The van der Waals surface area contributed by atoms with E-state index in [1.807, 2.05) is 19.0 Å². The van der Waals surface area contributed by atoms with Crippen LogP contribution in [-0.2, 0) is 12.3 Å². The van der Waals surface area contributed by atoms with Crippen molar-refractivity contribution >= 4 is 28.2 Å². The summed E-state index contributed by atoms with van der Waals surface area (Å²) in [7, 11) is 3.87. The van der Waals surface area contributed by atoms with Crippen LogP contribution in [0.1, 0.15) is 11.1 Å². The molecule has 2 N–H and O–H groups in total. The highest BCUT2D eigenvalue weighted by atomic mass is 32.2. The van der Waals surface area contributed by atoms with Gasteiger partial charge in [-0.15, -0.1) is 10.2 Å². The molecule has 2 aromatic rings. The van der Waals surface area contributed by atoms with Crippen LogP contribution in [-0.4, -0.2) is 24.3 Å². The zero-order valence-electron chi connectivity index (χ0n) is 10.8. The van der Waals surface area contributed by atoms with Crippen LogP contribution in [0.15, 0.2) is 22.5 Å². The maximum atomic E-state index is 13.3. The van der Waals surface area contributed by atoms with E-state index < -0.39 is 0 Å². The predicted octanol–water partition coefficient (Wildman–Crippen LogP) is 2.49. The summed E-state index contributed by atoms with van der Waals surface area (Å²) in [4.78, 5) is 1.92. The van der Waals surface area contributed by atoms with E-state index in [0.29, 0.717) is 5.56 Å². The van der Waals surface area contributed by atoms with Crippen molar-refractivity contribution in [3.05, 3.63) is 35.1 Å². The van der Waals surface area contributed by atoms with Crippen molar-refractivity contribution in [3.63, 3.8) is 0 Å². The van der Waals surface area contributed by atoms with Crippen LogP contribution in [0.4, 0.5) is 9.52 Å². The number of nitrogens with two attached hydrogens (primary N) is 1. The summed E-state index contributed by atoms with van der Waals surface area (Å²) < 4.78 is 14.2. The number of hydrogen-bond donors (Lipinski definition) is 1. The zero-order valence-corrected chi connectivity index (χ0v) is 12.4. The molecule has 0 radical (unpaired) electrons. The Morgan fingerprint density at radius 3 is 2.79 bits per heavy atom. The number of hydrogen-bond acceptors (Lipinski definition) is 6. The predicted molar refractivity (Wildman–Crippen MR) is 78.1 cm³/mol. The third kappa shape index (κ3) is 3.65. The van der Waals surface area contributed by atoms with Gasteiger partial charge in [0.2, 0.25) is 5.13 Å². The number of aromatic nitrogens is 2. The lowest BCUT2D eigenvalue weighted by Crippen LogP contribution is -2.07. The van der Waals surface area contributed by atoms with Crippen molar-refractivity contribution < 1.29 is 4.39 Å². The fourth-order valence-corrected chi connectivity index (χ4v) is 3.17. The largest absolute Gasteiger partial charge is 0.353 e. The first-order valence-corrected chi connectivity index (χ1v) is 7.51. The lowest BCUT2D eigenvalue weighted by Gasteiger charge is -2.04. The Labute approximate surface area is 119 Å². The van der Waals surface area contributed by atoms with Gasteiger partial charge < -0.3 is 10.6 Å². The Morgan fingerprint density at radius 2 is 2.16 bits per heavy atom. The Hall–Kier alpha value is -1.18. The van der Waals surface area contributed by atoms with Crippen LogP contribution < -0.4 is 10.6 Å². The second kappa shape index (κ2) is 6.31. The fourth-order valence-electron chi connectivity index (χ4n) is 1.46. The van der Waals surface area contributed by atoms with Gasteiger partial charge in [-0.2, -0.15) is 0 Å². The monoisotopic (exact) mass is 298 g/mol. The molecule has 0 saturated heterocycles. The number of rotatable bonds is 5. The number of thioether (sulfide) groups is 1. The van der Waals surface area contributed by atoms with E-state index in [1.165, 1.54) is 6.07 Å². The summed E-state index contributed by atoms with van der Waals surface area (Å²) in [5.41, 5.74) is 7.07. The van der Waals surface area contributed by atoms with Crippen molar-refractivity contribution in [1.29, 1.82) is 0 Å². The first-order chi connectivity index (χ1) is 9.10. The van der Waals surface area contributed by atoms with Gasteiger partial charge in [-0.1, -0.05) is 35.2 Å². The summed E-state index contributed by atoms with van der Waals surface area (Å²) in [5.74, 6) is 0.483. The van der Waals surface area contributed by atoms with Crippen molar-refractivity contribution in [3.8, 4) is 0 Å². The molecular formula is C12H15FN4S2. The standard InChI is InChI=1S/C12H15FN4S2/c1-17(2)11-15-16-12(19-11)18-7-8-3-4-10(13)9(5-8)6-14/h3-5H,6-7,14H2,1-2H3. The molecule has 1 heterocycles. The van der Waals surface area contributed by atoms with Gasteiger partial charge in [0, 0.05) is 32.0 Å². The van der Waals surface area contributed by atoms with Gasteiger partial charge in [0.25, 0.3) is 0 Å². The number of anilines is 1. The molecule has 0 saturated carbocycles. The zero-order chi connectivity index (χ0) is 13.8. The van der Waals surface area contributed by atoms with E-state index in [1.54, 1.807) is 35.2 Å². The van der Waals surface area contributed by atoms with Crippen LogP contribution in [0.5, 0.6) is 0 Å². The molecule has 1 aromatic carbocycles. The average Bonchev–Trinajstić information content (AvgIpc) is 2.87. The molecule has 1 aromatic heterocycles. The van der Waals surface area contributed by atoms with Gasteiger partial charge in [-0.3, -0.25) is 0 Å². The fraction of sp³-hybridized carbons (Fsp3) is 0.333. The molecule has 0 atom stereocenters. The summed E-state index contributed by atoms with van der Waals surface area (Å²) in [5, 5.41) is 9.05. The molecule has 0 unspecified atom stereocenters. The van der Waals surface area contributed by atoms with Crippen molar-refractivity contribution in [2.24, 2.45) is 5.73 Å². The SMILES string of the molecule is CN(C)c1nnc(SCc2ccc(F)c(CN)c2)s1. The molecule has 0 aliphatic rings. The topological polar surface area (TPSA) is 55.0 Å². The van der Waals surface area contributed by atoms with Crippen molar-refractivity contribution in [1.82, 2.24) is 10.2 Å². The minimum Gasteiger partial charge on any atom is -0.353 e. The van der Waals surface area contributed by atoms with Crippen LogP contribution in [0.2, 0.25) is 0 Å². The molecule has 0 aliphatic heterocycles. The molecule has 19 heavy (non-hydrogen) atoms. The van der Waals surface area contributed by atoms with Gasteiger partial charge >= 0.3 is 0 Å². The first kappa shape index (κ1) is 14.2. The number of halogens is 1. The Kier molecular flexibility index (Phi) is 4.73. The van der Waals surface area contributed by atoms with Gasteiger partial charge in [0.1, 0.15) is 5.82 Å². The van der Waals surface area contributed by atoms with E-state index in [2.05, 4.69) is 10.2 Å². The normalized spacial score (nSPS) is 10.7. The molecule has 0 spiro atoms. The van der Waals surface area contributed by atoms with Crippen LogP contribution in [0.25, 0.3) is 0 Å². The maximum Gasteiger partial charge on any atom is 0.208 e. The number of benzene rings is 1. The van der Waals surface area contributed by atoms with Crippen LogP contribution in [0, 0.1) is 5.82 Å². The second-order valence-electron chi connectivity index (χ2n) is 4.16. The van der Waals surface area contributed by atoms with Crippen LogP contribution in [0.3, 0.4) is 0 Å². The summed E-state index contributed by atoms with van der Waals surface area (Å²) >= 11 is 3.13. The second-order valence-corrected chi connectivity index (χ2v) is 6.34. The summed E-state index contributed by atoms with van der Waals surface area (Å²) in [6.07, 6.45) is 0. The molecule has 2 rings (SSSR count). The van der Waals surface area contributed by atoms with Gasteiger partial charge in [0.15, 0.2) is 4.34 Å². The molecule has 0 fully saturated rings. The third-order valence-electron chi connectivity index (χ3n) is 2.47. The molecule has 0 aliphatic carbocycles. The highest BCUT2D eigenvalue weighted by molar-refractivity contribution is 8.00. The quantitative estimate of drug-likeness (QED) is 0.860. The molecular weight excluding hydrogens is 283 g/mol. The Balaban J connectivity index is 2.01. The lowest BCUT2D eigenvalue weighted by atomic mass is 10.1. The van der Waals surface area contributed by atoms with E-state index >= 15 is 0 Å². The Morgan fingerprint density at radius 1 is 1.37 bits per heavy atom. The molecule has 102 valence electrons. The molecule has 0 bridgehead atoms. The van der Waals surface area contributed by atoms with E-state index in [9.17, 15) is 4.39 Å². The summed E-state index contributed by atoms with van der Waals surface area (Å²) in [6.45, 7) is 0.216. The van der Waals surface area contributed by atoms with E-state index in [4.69, 9.17) is 5.73 Å². The van der Waals surface area contributed by atoms with Gasteiger partial charge in [0.05, 0.1) is 0 Å². The van der Waals surface area contributed by atoms with Crippen molar-refractivity contribution in [2.75, 3.05) is 19.0 Å². The smallest absolute Gasteiger partial charge is 0.208 e.